The first kappa shape index (κ1) is 12.6. The van der Waals surface area contributed by atoms with Crippen LogP contribution in [-0.4, -0.2) is 30.6 Å². The number of hydrogen-bond acceptors (Lipinski definition) is 2. The standard InChI is InChI=1S/C15H24N2/c1-5-17(15-8-16-9-15)10-14-7-12(3)11(2)6-13(14)4/h6-7,15-16H,5,8-10H2,1-4H3. The minimum Gasteiger partial charge on any atom is -0.314 e. The molecule has 2 rings (SSSR count). The molecule has 1 fully saturated rings. The van der Waals surface area contributed by atoms with Crippen LogP contribution >= 0.6 is 0 Å². The molecule has 2 heteroatoms. The molecular weight excluding hydrogens is 208 g/mol. The molecule has 94 valence electrons. The first-order chi connectivity index (χ1) is 8.11. The Labute approximate surface area is 105 Å². The van der Waals surface area contributed by atoms with Gasteiger partial charge in [0.05, 0.1) is 0 Å². The summed E-state index contributed by atoms with van der Waals surface area (Å²) in [6.45, 7) is 13.4. The maximum Gasteiger partial charge on any atom is 0.0348 e. The number of hydrogen-bond donors (Lipinski definition) is 1. The van der Waals surface area contributed by atoms with E-state index >= 15 is 0 Å². The van der Waals surface area contributed by atoms with E-state index in [-0.39, 0.29) is 0 Å². The van der Waals surface area contributed by atoms with Crippen molar-refractivity contribution in [2.75, 3.05) is 19.6 Å². The van der Waals surface area contributed by atoms with Crippen LogP contribution in [0.4, 0.5) is 0 Å². The Morgan fingerprint density at radius 2 is 1.76 bits per heavy atom. The molecule has 0 amide bonds. The molecule has 1 aromatic carbocycles. The van der Waals surface area contributed by atoms with Crippen LogP contribution in [0.2, 0.25) is 0 Å². The second-order valence-corrected chi connectivity index (χ2v) is 5.24. The van der Waals surface area contributed by atoms with Crippen LogP contribution in [0.5, 0.6) is 0 Å². The van der Waals surface area contributed by atoms with Crippen LogP contribution < -0.4 is 5.32 Å². The van der Waals surface area contributed by atoms with Gasteiger partial charge < -0.3 is 5.32 Å². The molecule has 0 spiro atoms. The van der Waals surface area contributed by atoms with Crippen molar-refractivity contribution in [1.82, 2.24) is 10.2 Å². The summed E-state index contributed by atoms with van der Waals surface area (Å²) in [6, 6.07) is 5.41. The van der Waals surface area contributed by atoms with Crippen molar-refractivity contribution in [1.29, 1.82) is 0 Å². The number of nitrogens with one attached hydrogen (secondary N) is 1. The van der Waals surface area contributed by atoms with Crippen molar-refractivity contribution >= 4 is 0 Å². The molecule has 1 N–H and O–H groups in total. The smallest absolute Gasteiger partial charge is 0.0348 e. The molecular formula is C15H24N2. The van der Waals surface area contributed by atoms with Crippen LogP contribution in [0.15, 0.2) is 12.1 Å². The molecule has 1 heterocycles. The number of rotatable bonds is 4. The number of nitrogens with zero attached hydrogens (tertiary/aromatic N) is 1. The molecule has 1 aromatic rings. The first-order valence-corrected chi connectivity index (χ1v) is 6.63. The second kappa shape index (κ2) is 5.19. The van der Waals surface area contributed by atoms with Crippen molar-refractivity contribution in [3.63, 3.8) is 0 Å². The molecule has 0 unspecified atom stereocenters. The molecule has 0 bridgehead atoms. The predicted octanol–water partition coefficient (Wildman–Crippen LogP) is 2.41. The summed E-state index contributed by atoms with van der Waals surface area (Å²) in [5.74, 6) is 0. The summed E-state index contributed by atoms with van der Waals surface area (Å²) in [5, 5.41) is 3.36. The van der Waals surface area contributed by atoms with E-state index in [1.165, 1.54) is 22.3 Å². The third kappa shape index (κ3) is 2.70. The van der Waals surface area contributed by atoms with Gasteiger partial charge in [0.25, 0.3) is 0 Å². The normalized spacial score (nSPS) is 16.3. The van der Waals surface area contributed by atoms with Gasteiger partial charge in [-0.15, -0.1) is 0 Å². The Bertz CT molecular complexity index is 394. The number of benzene rings is 1. The van der Waals surface area contributed by atoms with Gasteiger partial charge in [-0.2, -0.15) is 0 Å². The Morgan fingerprint density at radius 1 is 1.12 bits per heavy atom. The maximum absolute atomic E-state index is 3.36. The van der Waals surface area contributed by atoms with Crippen molar-refractivity contribution < 1.29 is 0 Å². The van der Waals surface area contributed by atoms with E-state index in [1.807, 2.05) is 0 Å². The zero-order valence-electron chi connectivity index (χ0n) is 11.5. The third-order valence-electron chi connectivity index (χ3n) is 4.01. The Kier molecular flexibility index (Phi) is 3.85. The average molecular weight is 232 g/mol. The molecule has 1 aliphatic rings. The minimum atomic E-state index is 0.737. The van der Waals surface area contributed by atoms with Crippen molar-refractivity contribution in [2.24, 2.45) is 0 Å². The predicted molar refractivity (Wildman–Crippen MR) is 73.4 cm³/mol. The van der Waals surface area contributed by atoms with Gasteiger partial charge >= 0.3 is 0 Å². The highest BCUT2D eigenvalue weighted by molar-refractivity contribution is 5.36. The van der Waals surface area contributed by atoms with E-state index in [9.17, 15) is 0 Å². The fourth-order valence-corrected chi connectivity index (χ4v) is 2.44. The zero-order chi connectivity index (χ0) is 12.4. The lowest BCUT2D eigenvalue weighted by atomic mass is 9.99. The number of aryl methyl sites for hydroxylation is 3. The molecule has 0 atom stereocenters. The van der Waals surface area contributed by atoms with Crippen LogP contribution in [0.1, 0.15) is 29.2 Å². The van der Waals surface area contributed by atoms with Gasteiger partial charge in [-0.3, -0.25) is 4.90 Å². The van der Waals surface area contributed by atoms with Gasteiger partial charge in [0.15, 0.2) is 0 Å². The lowest BCUT2D eigenvalue weighted by Crippen LogP contribution is -2.56. The van der Waals surface area contributed by atoms with Crippen molar-refractivity contribution in [3.05, 3.63) is 34.4 Å². The maximum atomic E-state index is 3.36. The van der Waals surface area contributed by atoms with Crippen LogP contribution in [-0.2, 0) is 6.54 Å². The van der Waals surface area contributed by atoms with Gasteiger partial charge in [0.1, 0.15) is 0 Å². The third-order valence-corrected chi connectivity index (χ3v) is 4.01. The van der Waals surface area contributed by atoms with Gasteiger partial charge in [0.2, 0.25) is 0 Å². The van der Waals surface area contributed by atoms with E-state index in [4.69, 9.17) is 0 Å². The van der Waals surface area contributed by atoms with E-state index < -0.39 is 0 Å². The molecule has 0 radical (unpaired) electrons. The SMILES string of the molecule is CCN(Cc1cc(C)c(C)cc1C)C1CNC1. The number of likely N-dealkylation sites (N-methyl/N-ethyl adjacent to an activating group) is 1. The largest absolute Gasteiger partial charge is 0.314 e. The van der Waals surface area contributed by atoms with Gasteiger partial charge in [-0.1, -0.05) is 19.1 Å². The van der Waals surface area contributed by atoms with Gasteiger partial charge in [-0.25, -0.2) is 0 Å². The summed E-state index contributed by atoms with van der Waals surface area (Å²) in [4.78, 5) is 2.58. The van der Waals surface area contributed by atoms with E-state index in [0.29, 0.717) is 0 Å². The lowest BCUT2D eigenvalue weighted by Gasteiger charge is -2.38. The highest BCUT2D eigenvalue weighted by Gasteiger charge is 2.23. The lowest BCUT2D eigenvalue weighted by molar-refractivity contribution is 0.145. The molecule has 0 aliphatic carbocycles. The van der Waals surface area contributed by atoms with E-state index in [0.717, 1.165) is 32.2 Å². The van der Waals surface area contributed by atoms with Crippen LogP contribution in [0.3, 0.4) is 0 Å². The summed E-state index contributed by atoms with van der Waals surface area (Å²) >= 11 is 0. The molecule has 2 nitrogen and oxygen atoms in total. The van der Waals surface area contributed by atoms with Crippen molar-refractivity contribution in [2.45, 2.75) is 40.3 Å². The Balaban J connectivity index is 2.13. The fraction of sp³-hybridized carbons (Fsp3) is 0.600. The summed E-state index contributed by atoms with van der Waals surface area (Å²) < 4.78 is 0. The highest BCUT2D eigenvalue weighted by atomic mass is 15.2. The van der Waals surface area contributed by atoms with E-state index in [2.05, 4.69) is 50.0 Å². The Morgan fingerprint density at radius 3 is 2.29 bits per heavy atom. The summed E-state index contributed by atoms with van der Waals surface area (Å²) in [5.41, 5.74) is 5.73. The highest BCUT2D eigenvalue weighted by Crippen LogP contribution is 2.18. The van der Waals surface area contributed by atoms with Crippen molar-refractivity contribution in [3.8, 4) is 0 Å². The zero-order valence-corrected chi connectivity index (χ0v) is 11.5. The summed E-state index contributed by atoms with van der Waals surface area (Å²) in [7, 11) is 0. The Hall–Kier alpha value is -0.860. The quantitative estimate of drug-likeness (QED) is 0.857. The molecule has 1 aliphatic heterocycles. The van der Waals surface area contributed by atoms with Gasteiger partial charge in [0, 0.05) is 25.7 Å². The topological polar surface area (TPSA) is 15.3 Å². The van der Waals surface area contributed by atoms with E-state index in [1.54, 1.807) is 0 Å². The van der Waals surface area contributed by atoms with Crippen LogP contribution in [0, 0.1) is 20.8 Å². The molecule has 1 saturated heterocycles. The fourth-order valence-electron chi connectivity index (χ4n) is 2.44. The second-order valence-electron chi connectivity index (χ2n) is 5.24. The van der Waals surface area contributed by atoms with Gasteiger partial charge in [-0.05, 0) is 49.6 Å². The minimum absolute atomic E-state index is 0.737. The molecule has 0 aromatic heterocycles. The first-order valence-electron chi connectivity index (χ1n) is 6.63. The molecule has 17 heavy (non-hydrogen) atoms. The van der Waals surface area contributed by atoms with Crippen LogP contribution in [0.25, 0.3) is 0 Å². The molecule has 0 saturated carbocycles. The average Bonchev–Trinajstić information content (AvgIpc) is 2.22. The monoisotopic (exact) mass is 232 g/mol. The summed E-state index contributed by atoms with van der Waals surface area (Å²) in [6.07, 6.45) is 0.